The number of urea groups is 1. The molecule has 2 fully saturated rings. The van der Waals surface area contributed by atoms with Gasteiger partial charge in [0.2, 0.25) is 0 Å². The Labute approximate surface area is 119 Å². The first-order valence-corrected chi connectivity index (χ1v) is 7.08. The molecule has 0 aromatic heterocycles. The third-order valence-corrected chi connectivity index (χ3v) is 3.86. The molecule has 2 heterocycles. The number of carbonyl (C=O) groups is 2. The first kappa shape index (κ1) is 15.3. The van der Waals surface area contributed by atoms with Crippen molar-refractivity contribution in [2.45, 2.75) is 70.2 Å². The normalized spacial score (nSPS) is 28.6. The van der Waals surface area contributed by atoms with E-state index in [2.05, 4.69) is 10.6 Å². The van der Waals surface area contributed by atoms with Crippen LogP contribution in [0.25, 0.3) is 0 Å². The Morgan fingerprint density at radius 2 is 1.70 bits per heavy atom. The fourth-order valence-corrected chi connectivity index (χ4v) is 3.92. The van der Waals surface area contributed by atoms with E-state index in [0.29, 0.717) is 12.8 Å². The Balaban J connectivity index is 2.31. The number of nitrogens with zero attached hydrogens (tertiary/aromatic N) is 1. The standard InChI is InChI=1S/C14H25N3O3/c1-9(18)6-17-10(19)14(15-11(17)20)7-12(2,3)16-13(4,5)8-14/h9,16,18H,6-8H2,1-5H3,(H,15,20). The number of carbonyl (C=O) groups excluding carboxylic acids is 2. The molecule has 2 rings (SSSR count). The molecule has 0 saturated carbocycles. The summed E-state index contributed by atoms with van der Waals surface area (Å²) < 4.78 is 0. The number of hydrogen-bond acceptors (Lipinski definition) is 4. The highest BCUT2D eigenvalue weighted by molar-refractivity contribution is 6.07. The topological polar surface area (TPSA) is 81.7 Å². The average Bonchev–Trinajstić information content (AvgIpc) is 2.37. The van der Waals surface area contributed by atoms with Crippen LogP contribution in [-0.4, -0.2) is 51.2 Å². The van der Waals surface area contributed by atoms with Crippen molar-refractivity contribution in [1.82, 2.24) is 15.5 Å². The van der Waals surface area contributed by atoms with Gasteiger partial charge in [0.1, 0.15) is 5.54 Å². The smallest absolute Gasteiger partial charge is 0.325 e. The van der Waals surface area contributed by atoms with Gasteiger partial charge in [-0.15, -0.1) is 0 Å². The quantitative estimate of drug-likeness (QED) is 0.648. The van der Waals surface area contributed by atoms with Crippen LogP contribution in [0.2, 0.25) is 0 Å². The Bertz CT molecular complexity index is 427. The van der Waals surface area contributed by atoms with Gasteiger partial charge >= 0.3 is 6.03 Å². The molecule has 1 spiro atoms. The van der Waals surface area contributed by atoms with E-state index in [0.717, 1.165) is 4.90 Å². The monoisotopic (exact) mass is 283 g/mol. The molecular formula is C14H25N3O3. The number of aliphatic hydroxyl groups is 1. The van der Waals surface area contributed by atoms with E-state index >= 15 is 0 Å². The maximum Gasteiger partial charge on any atom is 0.325 e. The minimum atomic E-state index is -0.857. The molecule has 2 aliphatic heterocycles. The van der Waals surface area contributed by atoms with Crippen molar-refractivity contribution >= 4 is 11.9 Å². The lowest BCUT2D eigenvalue weighted by atomic mass is 9.71. The number of nitrogens with one attached hydrogen (secondary N) is 2. The van der Waals surface area contributed by atoms with Crippen LogP contribution in [0.3, 0.4) is 0 Å². The lowest BCUT2D eigenvalue weighted by Gasteiger charge is -2.50. The first-order chi connectivity index (χ1) is 8.96. The molecule has 20 heavy (non-hydrogen) atoms. The predicted molar refractivity (Wildman–Crippen MR) is 75.2 cm³/mol. The minimum absolute atomic E-state index is 0.0424. The summed E-state index contributed by atoms with van der Waals surface area (Å²) in [6, 6.07) is -0.399. The molecule has 3 N–H and O–H groups in total. The molecule has 0 aliphatic carbocycles. The zero-order valence-electron chi connectivity index (χ0n) is 12.9. The van der Waals surface area contributed by atoms with E-state index < -0.39 is 17.7 Å². The number of amides is 3. The third-order valence-electron chi connectivity index (χ3n) is 3.86. The van der Waals surface area contributed by atoms with Crippen molar-refractivity contribution in [3.8, 4) is 0 Å². The fourth-order valence-electron chi connectivity index (χ4n) is 3.92. The van der Waals surface area contributed by atoms with Crippen LogP contribution in [0.5, 0.6) is 0 Å². The van der Waals surface area contributed by atoms with Crippen molar-refractivity contribution in [2.24, 2.45) is 0 Å². The van der Waals surface area contributed by atoms with E-state index in [1.165, 1.54) is 0 Å². The van der Waals surface area contributed by atoms with Crippen molar-refractivity contribution in [2.75, 3.05) is 6.54 Å². The molecule has 2 aliphatic rings. The summed E-state index contributed by atoms with van der Waals surface area (Å²) in [6.45, 7) is 9.75. The van der Waals surface area contributed by atoms with Crippen molar-refractivity contribution in [3.63, 3.8) is 0 Å². The highest BCUT2D eigenvalue weighted by atomic mass is 16.3. The number of β-amino-alcohol motifs (C(OH)–C–C–N with tert-alkyl or cyclic N) is 1. The number of imide groups is 1. The second kappa shape index (κ2) is 4.43. The van der Waals surface area contributed by atoms with Crippen molar-refractivity contribution in [3.05, 3.63) is 0 Å². The van der Waals surface area contributed by atoms with Crippen LogP contribution in [0, 0.1) is 0 Å². The van der Waals surface area contributed by atoms with Gasteiger partial charge in [-0.1, -0.05) is 0 Å². The van der Waals surface area contributed by atoms with E-state index in [1.54, 1.807) is 6.92 Å². The second-order valence-electron chi connectivity index (χ2n) is 7.52. The number of aliphatic hydroxyl groups excluding tert-OH is 1. The van der Waals surface area contributed by atoms with Crippen LogP contribution in [-0.2, 0) is 4.79 Å². The number of piperidine rings is 1. The van der Waals surface area contributed by atoms with Crippen molar-refractivity contribution in [1.29, 1.82) is 0 Å². The van der Waals surface area contributed by atoms with Crippen LogP contribution < -0.4 is 10.6 Å². The molecule has 3 amide bonds. The Hall–Kier alpha value is -1.14. The molecule has 1 unspecified atom stereocenters. The lowest BCUT2D eigenvalue weighted by Crippen LogP contribution is -2.68. The van der Waals surface area contributed by atoms with Gasteiger partial charge in [-0.25, -0.2) is 4.79 Å². The molecule has 0 aromatic rings. The first-order valence-electron chi connectivity index (χ1n) is 7.08. The molecular weight excluding hydrogens is 258 g/mol. The molecule has 1 atom stereocenters. The molecule has 0 radical (unpaired) electrons. The highest BCUT2D eigenvalue weighted by Gasteiger charge is 2.58. The molecule has 2 saturated heterocycles. The highest BCUT2D eigenvalue weighted by Crippen LogP contribution is 2.39. The summed E-state index contributed by atoms with van der Waals surface area (Å²) in [6.07, 6.45) is 0.372. The largest absolute Gasteiger partial charge is 0.392 e. The summed E-state index contributed by atoms with van der Waals surface area (Å²) in [5.74, 6) is -0.217. The Morgan fingerprint density at radius 3 is 2.15 bits per heavy atom. The van der Waals surface area contributed by atoms with E-state index in [-0.39, 0.29) is 23.5 Å². The summed E-state index contributed by atoms with van der Waals surface area (Å²) in [5.41, 5.74) is -1.35. The maximum absolute atomic E-state index is 12.7. The van der Waals surface area contributed by atoms with Crippen molar-refractivity contribution < 1.29 is 14.7 Å². The summed E-state index contributed by atoms with van der Waals surface area (Å²) in [4.78, 5) is 25.9. The number of hydrogen-bond donors (Lipinski definition) is 3. The lowest BCUT2D eigenvalue weighted by molar-refractivity contribution is -0.135. The maximum atomic E-state index is 12.7. The summed E-state index contributed by atoms with van der Waals surface area (Å²) >= 11 is 0. The zero-order chi connectivity index (χ0) is 15.3. The van der Waals surface area contributed by atoms with Gasteiger partial charge in [-0.05, 0) is 47.5 Å². The fraction of sp³-hybridized carbons (Fsp3) is 0.857. The van der Waals surface area contributed by atoms with Gasteiger partial charge in [0, 0.05) is 11.1 Å². The second-order valence-corrected chi connectivity index (χ2v) is 7.52. The van der Waals surface area contributed by atoms with E-state index in [9.17, 15) is 14.7 Å². The SMILES string of the molecule is CC(O)CN1C(=O)NC2(CC(C)(C)NC(C)(C)C2)C1=O. The number of rotatable bonds is 2. The molecule has 114 valence electrons. The van der Waals surface area contributed by atoms with Gasteiger partial charge in [0.25, 0.3) is 5.91 Å². The molecule has 6 nitrogen and oxygen atoms in total. The van der Waals surface area contributed by atoms with Gasteiger partial charge in [0.05, 0.1) is 12.6 Å². The van der Waals surface area contributed by atoms with Gasteiger partial charge < -0.3 is 15.7 Å². The zero-order valence-corrected chi connectivity index (χ0v) is 12.9. The average molecular weight is 283 g/mol. The molecule has 6 heteroatoms. The Kier molecular flexibility index (Phi) is 3.38. The molecule has 0 aromatic carbocycles. The summed E-state index contributed by atoms with van der Waals surface area (Å²) in [7, 11) is 0. The van der Waals surface area contributed by atoms with Crippen LogP contribution in [0.15, 0.2) is 0 Å². The third kappa shape index (κ3) is 2.67. The van der Waals surface area contributed by atoms with Gasteiger partial charge in [-0.2, -0.15) is 0 Å². The van der Waals surface area contributed by atoms with E-state index in [4.69, 9.17) is 0 Å². The molecule has 0 bridgehead atoms. The Morgan fingerprint density at radius 1 is 1.20 bits per heavy atom. The van der Waals surface area contributed by atoms with E-state index in [1.807, 2.05) is 27.7 Å². The van der Waals surface area contributed by atoms with Gasteiger partial charge in [-0.3, -0.25) is 9.69 Å². The summed E-state index contributed by atoms with van der Waals surface area (Å²) in [5, 5.41) is 15.8. The van der Waals surface area contributed by atoms with Crippen LogP contribution in [0.1, 0.15) is 47.5 Å². The van der Waals surface area contributed by atoms with Gasteiger partial charge in [0.15, 0.2) is 0 Å². The minimum Gasteiger partial charge on any atom is -0.392 e. The predicted octanol–water partition coefficient (Wildman–Crippen LogP) is 0.598. The van der Waals surface area contributed by atoms with Crippen LogP contribution >= 0.6 is 0 Å². The van der Waals surface area contributed by atoms with Crippen LogP contribution in [0.4, 0.5) is 4.79 Å².